The number of halogens is 3. The number of hydrogen-bond donors (Lipinski definition) is 2. The smallest absolute Gasteiger partial charge is 0.323 e. The zero-order valence-corrected chi connectivity index (χ0v) is 17.7. The van der Waals surface area contributed by atoms with Crippen LogP contribution in [-0.4, -0.2) is 29.9 Å². The van der Waals surface area contributed by atoms with E-state index >= 15 is 0 Å². The molecule has 164 valence electrons. The summed E-state index contributed by atoms with van der Waals surface area (Å²) in [6.07, 6.45) is 5.99. The van der Waals surface area contributed by atoms with Crippen LogP contribution < -0.4 is 10.6 Å². The van der Waals surface area contributed by atoms with Gasteiger partial charge in [-0.1, -0.05) is 30.9 Å². The number of carbonyl (C=O) groups excluding carboxylic acids is 2. The maximum absolute atomic E-state index is 13.7. The molecule has 5 nitrogen and oxygen atoms in total. The molecule has 2 aromatic carbocycles. The molecule has 2 aliphatic rings. The number of urea groups is 1. The van der Waals surface area contributed by atoms with Crippen LogP contribution in [0.5, 0.6) is 0 Å². The Bertz CT molecular complexity index is 1000. The average molecular weight is 448 g/mol. The molecule has 8 heteroatoms. The molecule has 31 heavy (non-hydrogen) atoms. The quantitative estimate of drug-likeness (QED) is 0.614. The minimum absolute atomic E-state index is 0.0987. The largest absolute Gasteiger partial charge is 0.338 e. The van der Waals surface area contributed by atoms with Gasteiger partial charge in [-0.15, -0.1) is 0 Å². The van der Waals surface area contributed by atoms with Gasteiger partial charge in [0, 0.05) is 24.8 Å². The number of anilines is 2. The number of rotatable bonds is 3. The predicted octanol–water partition coefficient (Wildman–Crippen LogP) is 5.91. The summed E-state index contributed by atoms with van der Waals surface area (Å²) in [6, 6.07) is 6.81. The summed E-state index contributed by atoms with van der Waals surface area (Å²) < 4.78 is 26.7. The lowest BCUT2D eigenvalue weighted by atomic mass is 9.75. The summed E-state index contributed by atoms with van der Waals surface area (Å²) in [5.41, 5.74) is 0.599. The first-order valence-corrected chi connectivity index (χ1v) is 10.9. The van der Waals surface area contributed by atoms with Crippen LogP contribution in [0.25, 0.3) is 0 Å². The fourth-order valence-electron chi connectivity index (χ4n) is 4.60. The van der Waals surface area contributed by atoms with Crippen LogP contribution in [0.1, 0.15) is 42.5 Å². The number of likely N-dealkylation sites (tertiary alicyclic amines) is 1. The zero-order chi connectivity index (χ0) is 22.0. The van der Waals surface area contributed by atoms with Gasteiger partial charge in [-0.05, 0) is 55.0 Å². The maximum atomic E-state index is 13.7. The van der Waals surface area contributed by atoms with E-state index in [1.54, 1.807) is 12.1 Å². The number of nitrogens with one attached hydrogen (secondary N) is 2. The van der Waals surface area contributed by atoms with Gasteiger partial charge in [-0.3, -0.25) is 4.79 Å². The van der Waals surface area contributed by atoms with Crippen molar-refractivity contribution in [3.05, 3.63) is 58.6 Å². The van der Waals surface area contributed by atoms with Crippen molar-refractivity contribution in [3.63, 3.8) is 0 Å². The second-order valence-corrected chi connectivity index (χ2v) is 8.65. The van der Waals surface area contributed by atoms with Crippen LogP contribution in [0.2, 0.25) is 5.02 Å². The third kappa shape index (κ3) is 4.98. The van der Waals surface area contributed by atoms with Crippen molar-refractivity contribution in [1.29, 1.82) is 0 Å². The molecule has 0 spiro atoms. The van der Waals surface area contributed by atoms with E-state index in [0.29, 0.717) is 23.2 Å². The van der Waals surface area contributed by atoms with Crippen molar-refractivity contribution < 1.29 is 18.4 Å². The van der Waals surface area contributed by atoms with Gasteiger partial charge in [0.2, 0.25) is 0 Å². The molecule has 1 saturated carbocycles. The van der Waals surface area contributed by atoms with E-state index in [1.807, 2.05) is 4.90 Å². The van der Waals surface area contributed by atoms with E-state index in [1.165, 1.54) is 31.7 Å². The Morgan fingerprint density at radius 3 is 2.48 bits per heavy atom. The van der Waals surface area contributed by atoms with Gasteiger partial charge >= 0.3 is 6.03 Å². The summed E-state index contributed by atoms with van der Waals surface area (Å²) in [5.74, 6) is -0.413. The molecular formula is C23H24ClF2N3O2. The molecule has 0 radical (unpaired) electrons. The summed E-state index contributed by atoms with van der Waals surface area (Å²) in [6.45, 7) is 1.51. The first kappa shape index (κ1) is 21.6. The molecular weight excluding hydrogens is 424 g/mol. The van der Waals surface area contributed by atoms with Gasteiger partial charge in [0.15, 0.2) is 0 Å². The second kappa shape index (κ2) is 9.22. The molecule has 2 N–H and O–H groups in total. The Hall–Kier alpha value is -2.67. The zero-order valence-electron chi connectivity index (χ0n) is 17.0. The van der Waals surface area contributed by atoms with E-state index in [-0.39, 0.29) is 16.6 Å². The van der Waals surface area contributed by atoms with Gasteiger partial charge in [0.05, 0.1) is 16.3 Å². The van der Waals surface area contributed by atoms with Crippen LogP contribution in [0, 0.1) is 23.5 Å². The molecule has 2 fully saturated rings. The highest BCUT2D eigenvalue weighted by atomic mass is 35.5. The van der Waals surface area contributed by atoms with Crippen LogP contribution in [-0.2, 0) is 0 Å². The lowest BCUT2D eigenvalue weighted by molar-refractivity contribution is 0.0521. The molecule has 0 unspecified atom stereocenters. The number of benzene rings is 2. The molecule has 2 atom stereocenters. The van der Waals surface area contributed by atoms with Gasteiger partial charge in [0.25, 0.3) is 5.91 Å². The third-order valence-corrected chi connectivity index (χ3v) is 6.53. The van der Waals surface area contributed by atoms with E-state index < -0.39 is 17.7 Å². The molecule has 1 heterocycles. The van der Waals surface area contributed by atoms with Crippen LogP contribution in [0.4, 0.5) is 25.0 Å². The van der Waals surface area contributed by atoms with E-state index in [4.69, 9.17) is 11.6 Å². The topological polar surface area (TPSA) is 61.4 Å². The lowest BCUT2D eigenvalue weighted by Crippen LogP contribution is -2.44. The third-order valence-electron chi connectivity index (χ3n) is 6.22. The van der Waals surface area contributed by atoms with Crippen molar-refractivity contribution in [1.82, 2.24) is 4.90 Å². The lowest BCUT2D eigenvalue weighted by Gasteiger charge is -2.41. The first-order valence-electron chi connectivity index (χ1n) is 10.5. The van der Waals surface area contributed by atoms with Gasteiger partial charge in [-0.2, -0.15) is 0 Å². The normalized spacial score (nSPS) is 20.7. The Morgan fingerprint density at radius 1 is 0.968 bits per heavy atom. The fourth-order valence-corrected chi connectivity index (χ4v) is 4.86. The summed E-state index contributed by atoms with van der Waals surface area (Å²) in [5, 5.41) is 5.08. The minimum atomic E-state index is -0.879. The van der Waals surface area contributed by atoms with Crippen molar-refractivity contribution >= 4 is 34.9 Å². The number of carbonyl (C=O) groups is 2. The molecule has 0 aromatic heterocycles. The number of piperidine rings is 1. The Morgan fingerprint density at radius 2 is 1.74 bits per heavy atom. The highest BCUT2D eigenvalue weighted by molar-refractivity contribution is 6.34. The van der Waals surface area contributed by atoms with E-state index in [2.05, 4.69) is 10.6 Å². The Labute approximate surface area is 184 Å². The second-order valence-electron chi connectivity index (χ2n) is 8.24. The maximum Gasteiger partial charge on any atom is 0.323 e. The first-order chi connectivity index (χ1) is 14.9. The predicted molar refractivity (Wildman–Crippen MR) is 116 cm³/mol. The van der Waals surface area contributed by atoms with Crippen LogP contribution in [0.15, 0.2) is 36.4 Å². The summed E-state index contributed by atoms with van der Waals surface area (Å²) in [4.78, 5) is 27.0. The fraction of sp³-hybridized carbons (Fsp3) is 0.391. The highest BCUT2D eigenvalue weighted by Crippen LogP contribution is 2.37. The molecule has 1 aliphatic carbocycles. The number of hydrogen-bond acceptors (Lipinski definition) is 2. The highest BCUT2D eigenvalue weighted by Gasteiger charge is 2.33. The van der Waals surface area contributed by atoms with Crippen LogP contribution in [0.3, 0.4) is 0 Å². The average Bonchev–Trinajstić information content (AvgIpc) is 2.75. The summed E-state index contributed by atoms with van der Waals surface area (Å²) >= 11 is 6.35. The SMILES string of the molecule is O=C(Nc1ccc(C(=O)N2CC[C@H]3CCCC[C@H]3C2)c(Cl)c1)Nc1ccc(F)cc1F. The van der Waals surface area contributed by atoms with Crippen molar-refractivity contribution in [2.75, 3.05) is 23.7 Å². The number of fused-ring (bicyclic) bond motifs is 1. The van der Waals surface area contributed by atoms with Gasteiger partial charge in [0.1, 0.15) is 11.6 Å². The Kier molecular flexibility index (Phi) is 6.41. The minimum Gasteiger partial charge on any atom is -0.338 e. The molecule has 4 rings (SSSR count). The van der Waals surface area contributed by atoms with Crippen molar-refractivity contribution in [2.45, 2.75) is 32.1 Å². The molecule has 2 aromatic rings. The molecule has 0 bridgehead atoms. The molecule has 1 aliphatic heterocycles. The monoisotopic (exact) mass is 447 g/mol. The van der Waals surface area contributed by atoms with E-state index in [0.717, 1.165) is 37.6 Å². The van der Waals surface area contributed by atoms with Gasteiger partial charge < -0.3 is 15.5 Å². The standard InChI is InChI=1S/C23H24ClF2N3O2/c24-19-12-17(27-23(31)28-21-8-5-16(25)11-20(21)26)6-7-18(19)22(30)29-10-9-14-3-1-2-4-15(14)13-29/h5-8,11-12,14-15H,1-4,9-10,13H2,(H2,27,28,31)/t14-,15+/m1/s1. The van der Waals surface area contributed by atoms with Crippen LogP contribution >= 0.6 is 11.6 Å². The molecule has 1 saturated heterocycles. The number of nitrogens with zero attached hydrogens (tertiary/aromatic N) is 1. The van der Waals surface area contributed by atoms with Crippen molar-refractivity contribution in [3.8, 4) is 0 Å². The molecule has 3 amide bonds. The Balaban J connectivity index is 1.39. The number of amides is 3. The van der Waals surface area contributed by atoms with E-state index in [9.17, 15) is 18.4 Å². The summed E-state index contributed by atoms with van der Waals surface area (Å²) in [7, 11) is 0. The van der Waals surface area contributed by atoms with Crippen molar-refractivity contribution in [2.24, 2.45) is 11.8 Å². The van der Waals surface area contributed by atoms with Gasteiger partial charge in [-0.25, -0.2) is 13.6 Å².